The van der Waals surface area contributed by atoms with Crippen LogP contribution in [0.25, 0.3) is 10.2 Å². The predicted octanol–water partition coefficient (Wildman–Crippen LogP) is 3.90. The number of hydrogen-bond acceptors (Lipinski definition) is 8. The van der Waals surface area contributed by atoms with Crippen molar-refractivity contribution < 1.29 is 32.3 Å². The second kappa shape index (κ2) is 11.6. The van der Waals surface area contributed by atoms with Crippen LogP contribution in [0.5, 0.6) is 0 Å². The zero-order chi connectivity index (χ0) is 28.2. The first kappa shape index (κ1) is 27.7. The number of fused-ring (bicyclic) bond motifs is 1. The molecule has 0 saturated carbocycles. The van der Waals surface area contributed by atoms with Crippen LogP contribution in [0.3, 0.4) is 0 Å². The number of aryl methyl sites for hydroxylation is 1. The summed E-state index contributed by atoms with van der Waals surface area (Å²) < 4.78 is 40.0. The van der Waals surface area contributed by atoms with Gasteiger partial charge in [-0.1, -0.05) is 35.1 Å². The number of hydrogen-bond donors (Lipinski definition) is 1. The van der Waals surface area contributed by atoms with Gasteiger partial charge in [-0.2, -0.15) is 4.99 Å². The molecule has 10 nitrogen and oxygen atoms in total. The van der Waals surface area contributed by atoms with Crippen LogP contribution in [0.1, 0.15) is 33.2 Å². The van der Waals surface area contributed by atoms with Crippen molar-refractivity contribution in [1.29, 1.82) is 0 Å². The van der Waals surface area contributed by atoms with Crippen LogP contribution in [0, 0.1) is 6.92 Å². The minimum Gasteiger partial charge on any atom is -0.468 e. The van der Waals surface area contributed by atoms with Gasteiger partial charge in [0.25, 0.3) is 15.9 Å². The lowest BCUT2D eigenvalue weighted by molar-refractivity contribution is -0.141. The third-order valence-electron chi connectivity index (χ3n) is 5.60. The van der Waals surface area contributed by atoms with Crippen LogP contribution >= 0.6 is 11.3 Å². The Morgan fingerprint density at radius 1 is 1.00 bits per heavy atom. The number of esters is 2. The molecule has 4 rings (SSSR count). The number of benzene rings is 3. The first-order valence-corrected chi connectivity index (χ1v) is 14.1. The maximum absolute atomic E-state index is 13.1. The van der Waals surface area contributed by atoms with Crippen molar-refractivity contribution in [3.63, 3.8) is 0 Å². The molecule has 1 heterocycles. The molecule has 1 amide bonds. The smallest absolute Gasteiger partial charge is 0.338 e. The van der Waals surface area contributed by atoms with Crippen molar-refractivity contribution in [2.75, 3.05) is 18.4 Å². The van der Waals surface area contributed by atoms with E-state index in [1.165, 1.54) is 48.1 Å². The van der Waals surface area contributed by atoms with E-state index >= 15 is 0 Å². The van der Waals surface area contributed by atoms with Crippen LogP contribution in [-0.4, -0.2) is 44.5 Å². The molecular formula is C27H25N3O7S2. The highest BCUT2D eigenvalue weighted by molar-refractivity contribution is 7.92. The quantitative estimate of drug-likeness (QED) is 0.319. The van der Waals surface area contributed by atoms with E-state index in [1.54, 1.807) is 37.3 Å². The summed E-state index contributed by atoms with van der Waals surface area (Å²) >= 11 is 1.11. The number of ether oxygens (including phenoxy) is 2. The Morgan fingerprint density at radius 2 is 1.74 bits per heavy atom. The van der Waals surface area contributed by atoms with Gasteiger partial charge in [-0.05, 0) is 62.4 Å². The van der Waals surface area contributed by atoms with E-state index in [-0.39, 0.29) is 34.1 Å². The first-order valence-electron chi connectivity index (χ1n) is 11.8. The highest BCUT2D eigenvalue weighted by Gasteiger charge is 2.17. The molecule has 12 heteroatoms. The van der Waals surface area contributed by atoms with Crippen molar-refractivity contribution in [3.05, 3.63) is 88.2 Å². The van der Waals surface area contributed by atoms with Gasteiger partial charge in [-0.25, -0.2) is 13.2 Å². The van der Waals surface area contributed by atoms with Crippen LogP contribution in [0.4, 0.5) is 5.69 Å². The van der Waals surface area contributed by atoms with Crippen LogP contribution in [-0.2, 0) is 30.8 Å². The van der Waals surface area contributed by atoms with Crippen LogP contribution in [0.15, 0.2) is 76.6 Å². The monoisotopic (exact) mass is 567 g/mol. The van der Waals surface area contributed by atoms with Gasteiger partial charge >= 0.3 is 11.9 Å². The van der Waals surface area contributed by atoms with Crippen molar-refractivity contribution in [1.82, 2.24) is 4.57 Å². The molecule has 0 fully saturated rings. The van der Waals surface area contributed by atoms with E-state index in [2.05, 4.69) is 9.71 Å². The average Bonchev–Trinajstić information content (AvgIpc) is 3.24. The summed E-state index contributed by atoms with van der Waals surface area (Å²) in [5.41, 5.74) is 2.14. The van der Waals surface area contributed by atoms with Crippen molar-refractivity contribution >= 4 is 55.1 Å². The fraction of sp³-hybridized carbons (Fsp3) is 0.185. The molecule has 39 heavy (non-hydrogen) atoms. The Hall–Kier alpha value is -4.29. The number of nitrogens with one attached hydrogen (secondary N) is 1. The van der Waals surface area contributed by atoms with Gasteiger partial charge in [-0.3, -0.25) is 14.3 Å². The zero-order valence-electron chi connectivity index (χ0n) is 21.3. The molecule has 4 aromatic rings. The number of rotatable bonds is 8. The van der Waals surface area contributed by atoms with E-state index < -0.39 is 27.9 Å². The molecule has 3 aromatic carbocycles. The van der Waals surface area contributed by atoms with Crippen LogP contribution < -0.4 is 9.52 Å². The Labute approximate surface area is 228 Å². The second-order valence-corrected chi connectivity index (χ2v) is 11.1. The molecule has 0 spiro atoms. The van der Waals surface area contributed by atoms with Crippen molar-refractivity contribution in [2.24, 2.45) is 4.99 Å². The zero-order valence-corrected chi connectivity index (χ0v) is 23.0. The van der Waals surface area contributed by atoms with Gasteiger partial charge < -0.3 is 14.0 Å². The Morgan fingerprint density at radius 3 is 2.44 bits per heavy atom. The summed E-state index contributed by atoms with van der Waals surface area (Å²) in [7, 11) is -2.62. The highest BCUT2D eigenvalue weighted by Crippen LogP contribution is 2.21. The topological polar surface area (TPSA) is 133 Å². The standard InChI is InChI=1S/C27H25N3O7S2/c1-4-37-26(33)19-10-13-22-23(15-19)38-27(30(22)16-24(31)36-3)28-25(32)18-6-5-7-20(14-18)29-39(34,35)21-11-8-17(2)9-12-21/h5-15,29H,4,16H2,1-3H3. The maximum Gasteiger partial charge on any atom is 0.338 e. The summed E-state index contributed by atoms with van der Waals surface area (Å²) in [6.07, 6.45) is 0. The van der Waals surface area contributed by atoms with Gasteiger partial charge in [0.1, 0.15) is 6.54 Å². The second-order valence-electron chi connectivity index (χ2n) is 8.37. The lowest BCUT2D eigenvalue weighted by atomic mass is 10.2. The molecule has 1 N–H and O–H groups in total. The number of thiazole rings is 1. The minimum absolute atomic E-state index is 0.0887. The molecular weight excluding hydrogens is 542 g/mol. The number of amides is 1. The lowest BCUT2D eigenvalue weighted by Gasteiger charge is -2.09. The molecule has 0 unspecified atom stereocenters. The molecule has 1 aromatic heterocycles. The van der Waals surface area contributed by atoms with E-state index in [0.29, 0.717) is 15.8 Å². The summed E-state index contributed by atoms with van der Waals surface area (Å²) in [5, 5.41) is 0. The normalized spacial score (nSPS) is 11.8. The molecule has 0 atom stereocenters. The van der Waals surface area contributed by atoms with Crippen molar-refractivity contribution in [3.8, 4) is 0 Å². The van der Waals surface area contributed by atoms with Gasteiger partial charge in [0.2, 0.25) is 0 Å². The summed E-state index contributed by atoms with van der Waals surface area (Å²) in [4.78, 5) is 41.9. The molecule has 0 radical (unpaired) electrons. The highest BCUT2D eigenvalue weighted by atomic mass is 32.2. The van der Waals surface area contributed by atoms with Gasteiger partial charge in [-0.15, -0.1) is 0 Å². The molecule has 0 bridgehead atoms. The lowest BCUT2D eigenvalue weighted by Crippen LogP contribution is -2.22. The van der Waals surface area contributed by atoms with Gasteiger partial charge in [0, 0.05) is 11.3 Å². The Balaban J connectivity index is 1.70. The van der Waals surface area contributed by atoms with Gasteiger partial charge in [0.05, 0.1) is 34.4 Å². The number of carbonyl (C=O) groups excluding carboxylic acids is 3. The first-order chi connectivity index (χ1) is 18.6. The molecule has 0 saturated heterocycles. The molecule has 0 aliphatic carbocycles. The predicted molar refractivity (Wildman–Crippen MR) is 146 cm³/mol. The molecule has 202 valence electrons. The number of nitrogens with zero attached hydrogens (tertiary/aromatic N) is 2. The SMILES string of the molecule is CCOC(=O)c1ccc2c(c1)sc(=NC(=O)c1cccc(NS(=O)(=O)c3ccc(C)cc3)c1)n2CC(=O)OC. The third-order valence-corrected chi connectivity index (χ3v) is 8.04. The number of anilines is 1. The minimum atomic E-state index is -3.87. The summed E-state index contributed by atoms with van der Waals surface area (Å²) in [5.74, 6) is -1.69. The Kier molecular flexibility index (Phi) is 8.27. The van der Waals surface area contributed by atoms with Crippen molar-refractivity contribution in [2.45, 2.75) is 25.3 Å². The third kappa shape index (κ3) is 6.41. The maximum atomic E-state index is 13.1. The number of aromatic nitrogens is 1. The van der Waals surface area contributed by atoms with Gasteiger partial charge in [0.15, 0.2) is 4.80 Å². The fourth-order valence-electron chi connectivity index (χ4n) is 3.65. The number of methoxy groups -OCH3 is 1. The summed E-state index contributed by atoms with van der Waals surface area (Å²) in [6.45, 7) is 3.57. The molecule has 0 aliphatic heterocycles. The van der Waals surface area contributed by atoms with E-state index in [9.17, 15) is 22.8 Å². The molecule has 0 aliphatic rings. The van der Waals surface area contributed by atoms with E-state index in [0.717, 1.165) is 16.9 Å². The van der Waals surface area contributed by atoms with E-state index in [1.807, 2.05) is 6.92 Å². The number of sulfonamides is 1. The summed E-state index contributed by atoms with van der Waals surface area (Å²) in [6, 6.07) is 17.1. The number of carbonyl (C=O) groups is 3. The largest absolute Gasteiger partial charge is 0.468 e. The van der Waals surface area contributed by atoms with Crippen LogP contribution in [0.2, 0.25) is 0 Å². The average molecular weight is 568 g/mol. The van der Waals surface area contributed by atoms with E-state index in [4.69, 9.17) is 9.47 Å². The fourth-order valence-corrected chi connectivity index (χ4v) is 5.76. The Bertz CT molecular complexity index is 1740.